The normalized spacial score (nSPS) is 12.5. The van der Waals surface area contributed by atoms with Crippen LogP contribution < -0.4 is 15.8 Å². The fourth-order valence-electron chi connectivity index (χ4n) is 4.06. The van der Waals surface area contributed by atoms with Gasteiger partial charge in [0, 0.05) is 35.7 Å². The van der Waals surface area contributed by atoms with Crippen molar-refractivity contribution >= 4 is 46.0 Å². The van der Waals surface area contributed by atoms with Crippen LogP contribution in [0, 0.1) is 0 Å². The molecule has 0 unspecified atom stereocenters. The zero-order chi connectivity index (χ0) is 26.3. The van der Waals surface area contributed by atoms with Crippen LogP contribution in [0.4, 0.5) is 11.4 Å². The van der Waals surface area contributed by atoms with Crippen LogP contribution in [0.1, 0.15) is 43.6 Å². The number of nitrogens with one attached hydrogen (secondary N) is 1. The molecule has 184 valence electrons. The van der Waals surface area contributed by atoms with Gasteiger partial charge in [0.1, 0.15) is 17.9 Å². The van der Waals surface area contributed by atoms with Gasteiger partial charge < -0.3 is 19.6 Å². The number of nitrogens with zero attached hydrogens (tertiary/aromatic N) is 1. The number of amides is 3. The minimum atomic E-state index is -0.763. The van der Waals surface area contributed by atoms with E-state index >= 15 is 0 Å². The zero-order valence-corrected chi connectivity index (χ0v) is 19.3. The van der Waals surface area contributed by atoms with Gasteiger partial charge in [-0.05, 0) is 54.6 Å². The SMILES string of the molecule is CC(=O)Nc1ccc(N2C(=O)c3ccc(C(=O)OCc4cc(=O)oc5cc(O)ccc45)cc3C2=O)cc1. The maximum atomic E-state index is 13.1. The number of carbonyl (C=O) groups excluding carboxylic acids is 4. The molecule has 37 heavy (non-hydrogen) atoms. The van der Waals surface area contributed by atoms with Crippen molar-refractivity contribution in [2.75, 3.05) is 10.2 Å². The summed E-state index contributed by atoms with van der Waals surface area (Å²) in [6, 6.07) is 15.7. The number of carbonyl (C=O) groups is 4. The Labute approximate surface area is 208 Å². The number of aromatic hydroxyl groups is 1. The second kappa shape index (κ2) is 9.08. The Kier molecular flexibility index (Phi) is 5.76. The standard InChI is InChI=1S/C27H18N2O8/c1-14(30)28-17-3-5-18(6-4-17)29-25(33)21-8-2-15(10-22(21)26(29)34)27(35)36-13-16-11-24(32)37-23-12-19(31)7-9-20(16)23/h2-12,31H,13H2,1H3,(H,28,30). The Balaban J connectivity index is 1.36. The van der Waals surface area contributed by atoms with Crippen molar-refractivity contribution in [3.63, 3.8) is 0 Å². The third-order valence-corrected chi connectivity index (χ3v) is 5.74. The van der Waals surface area contributed by atoms with Crippen molar-refractivity contribution in [2.24, 2.45) is 0 Å². The predicted octanol–water partition coefficient (Wildman–Crippen LogP) is 3.61. The minimum Gasteiger partial charge on any atom is -0.508 e. The Hall–Kier alpha value is -5.25. The first kappa shape index (κ1) is 23.5. The summed E-state index contributed by atoms with van der Waals surface area (Å²) in [6.07, 6.45) is 0. The highest BCUT2D eigenvalue weighted by atomic mass is 16.5. The van der Waals surface area contributed by atoms with Crippen molar-refractivity contribution in [1.82, 2.24) is 0 Å². The van der Waals surface area contributed by atoms with E-state index in [-0.39, 0.29) is 40.5 Å². The van der Waals surface area contributed by atoms with Gasteiger partial charge in [0.05, 0.1) is 22.4 Å². The van der Waals surface area contributed by atoms with Gasteiger partial charge >= 0.3 is 11.6 Å². The molecule has 0 bridgehead atoms. The lowest BCUT2D eigenvalue weighted by atomic mass is 10.1. The first-order valence-corrected chi connectivity index (χ1v) is 11.0. The van der Waals surface area contributed by atoms with Gasteiger partial charge in [0.2, 0.25) is 5.91 Å². The van der Waals surface area contributed by atoms with E-state index in [1.165, 1.54) is 61.5 Å². The Morgan fingerprint density at radius 1 is 0.919 bits per heavy atom. The van der Waals surface area contributed by atoms with Crippen molar-refractivity contribution in [1.29, 1.82) is 0 Å². The van der Waals surface area contributed by atoms with E-state index < -0.39 is 23.4 Å². The quantitative estimate of drug-likeness (QED) is 0.241. The molecule has 10 heteroatoms. The number of phenolic OH excluding ortho intramolecular Hbond substituents is 1. The van der Waals surface area contributed by atoms with Crippen LogP contribution in [-0.4, -0.2) is 28.8 Å². The molecular formula is C27H18N2O8. The monoisotopic (exact) mass is 498 g/mol. The summed E-state index contributed by atoms with van der Waals surface area (Å²) >= 11 is 0. The van der Waals surface area contributed by atoms with Crippen molar-refractivity contribution in [2.45, 2.75) is 13.5 Å². The van der Waals surface area contributed by atoms with Gasteiger partial charge in [-0.25, -0.2) is 14.5 Å². The molecule has 1 aliphatic heterocycles. The third kappa shape index (κ3) is 4.43. The molecule has 0 saturated carbocycles. The molecule has 10 nitrogen and oxygen atoms in total. The predicted molar refractivity (Wildman–Crippen MR) is 132 cm³/mol. The van der Waals surface area contributed by atoms with E-state index in [4.69, 9.17) is 9.15 Å². The van der Waals surface area contributed by atoms with Crippen molar-refractivity contribution in [3.05, 3.63) is 99.4 Å². The molecule has 3 amide bonds. The topological polar surface area (TPSA) is 143 Å². The molecule has 0 saturated heterocycles. The smallest absolute Gasteiger partial charge is 0.338 e. The lowest BCUT2D eigenvalue weighted by Crippen LogP contribution is -2.29. The molecule has 2 N–H and O–H groups in total. The summed E-state index contributed by atoms with van der Waals surface area (Å²) < 4.78 is 10.4. The second-order valence-electron chi connectivity index (χ2n) is 8.28. The van der Waals surface area contributed by atoms with Gasteiger partial charge in [-0.2, -0.15) is 0 Å². The van der Waals surface area contributed by atoms with E-state index in [2.05, 4.69) is 5.32 Å². The lowest BCUT2D eigenvalue weighted by molar-refractivity contribution is -0.114. The first-order valence-electron chi connectivity index (χ1n) is 11.0. The lowest BCUT2D eigenvalue weighted by Gasteiger charge is -2.14. The summed E-state index contributed by atoms with van der Waals surface area (Å²) in [5.41, 5.74) is 0.907. The fourth-order valence-corrected chi connectivity index (χ4v) is 4.06. The van der Waals surface area contributed by atoms with Crippen LogP contribution in [-0.2, 0) is 16.1 Å². The molecule has 4 aromatic rings. The number of ether oxygens (including phenoxy) is 1. The van der Waals surface area contributed by atoms with E-state index in [1.54, 1.807) is 12.1 Å². The number of imide groups is 1. The molecule has 2 heterocycles. The average Bonchev–Trinajstić information content (AvgIpc) is 3.11. The number of phenols is 1. The molecular weight excluding hydrogens is 480 g/mol. The molecule has 1 aromatic heterocycles. The van der Waals surface area contributed by atoms with E-state index in [0.29, 0.717) is 22.3 Å². The number of benzene rings is 3. The molecule has 5 rings (SSSR count). The number of anilines is 2. The molecule has 0 radical (unpaired) electrons. The summed E-state index contributed by atoms with van der Waals surface area (Å²) in [7, 11) is 0. The molecule has 0 fully saturated rings. The number of rotatable bonds is 5. The number of hydrogen-bond donors (Lipinski definition) is 2. The number of esters is 1. The second-order valence-corrected chi connectivity index (χ2v) is 8.28. The van der Waals surface area contributed by atoms with Crippen LogP contribution in [0.15, 0.2) is 75.9 Å². The average molecular weight is 498 g/mol. The highest BCUT2D eigenvalue weighted by Gasteiger charge is 2.37. The number of hydrogen-bond acceptors (Lipinski definition) is 8. The van der Waals surface area contributed by atoms with Crippen LogP contribution >= 0.6 is 0 Å². The minimum absolute atomic E-state index is 0.0478. The van der Waals surface area contributed by atoms with E-state index in [9.17, 15) is 29.1 Å². The fraction of sp³-hybridized carbons (Fsp3) is 0.0741. The summed E-state index contributed by atoms with van der Waals surface area (Å²) in [4.78, 5) is 62.8. The summed E-state index contributed by atoms with van der Waals surface area (Å²) in [5, 5.41) is 12.7. The van der Waals surface area contributed by atoms with E-state index in [0.717, 1.165) is 4.90 Å². The Morgan fingerprint density at radius 2 is 1.65 bits per heavy atom. The highest BCUT2D eigenvalue weighted by Crippen LogP contribution is 2.30. The maximum absolute atomic E-state index is 13.1. The van der Waals surface area contributed by atoms with Crippen molar-refractivity contribution < 1.29 is 33.4 Å². The molecule has 1 aliphatic rings. The number of fused-ring (bicyclic) bond motifs is 2. The van der Waals surface area contributed by atoms with Gasteiger partial charge in [-0.1, -0.05) is 0 Å². The zero-order valence-electron chi connectivity index (χ0n) is 19.3. The highest BCUT2D eigenvalue weighted by molar-refractivity contribution is 6.34. The first-order chi connectivity index (χ1) is 17.7. The van der Waals surface area contributed by atoms with Gasteiger partial charge in [-0.15, -0.1) is 0 Å². The Bertz CT molecular complexity index is 1670. The molecule has 0 spiro atoms. The van der Waals surface area contributed by atoms with E-state index in [1.807, 2.05) is 0 Å². The maximum Gasteiger partial charge on any atom is 0.338 e. The van der Waals surface area contributed by atoms with Crippen molar-refractivity contribution in [3.8, 4) is 5.75 Å². The molecule has 3 aromatic carbocycles. The third-order valence-electron chi connectivity index (χ3n) is 5.74. The van der Waals surface area contributed by atoms with Gasteiger partial charge in [0.15, 0.2) is 0 Å². The summed E-state index contributed by atoms with van der Waals surface area (Å²) in [5.74, 6) is -2.25. The van der Waals surface area contributed by atoms with Crippen LogP contribution in [0.3, 0.4) is 0 Å². The largest absolute Gasteiger partial charge is 0.508 e. The van der Waals surface area contributed by atoms with Gasteiger partial charge in [-0.3, -0.25) is 14.4 Å². The molecule has 0 aliphatic carbocycles. The molecule has 0 atom stereocenters. The van der Waals surface area contributed by atoms with Crippen LogP contribution in [0.5, 0.6) is 5.75 Å². The van der Waals surface area contributed by atoms with Crippen LogP contribution in [0.25, 0.3) is 11.0 Å². The Morgan fingerprint density at radius 3 is 2.38 bits per heavy atom. The van der Waals surface area contributed by atoms with Crippen LogP contribution in [0.2, 0.25) is 0 Å². The van der Waals surface area contributed by atoms with Gasteiger partial charge in [0.25, 0.3) is 11.8 Å². The summed E-state index contributed by atoms with van der Waals surface area (Å²) in [6.45, 7) is 1.10.